The zero-order valence-corrected chi connectivity index (χ0v) is 19.1. The van der Waals surface area contributed by atoms with Gasteiger partial charge in [0.05, 0.1) is 12.5 Å². The molecule has 3 aromatic carbocycles. The van der Waals surface area contributed by atoms with E-state index in [0.29, 0.717) is 11.3 Å². The molecule has 4 N–H and O–H groups in total. The van der Waals surface area contributed by atoms with Crippen LogP contribution in [0.2, 0.25) is 0 Å². The second-order valence-corrected chi connectivity index (χ2v) is 8.37. The number of carbonyl (C=O) groups excluding carboxylic acids is 2. The molecule has 2 atom stereocenters. The van der Waals surface area contributed by atoms with Crippen molar-refractivity contribution in [3.8, 4) is 11.1 Å². The number of hydrogen-bond acceptors (Lipinski definition) is 5. The minimum Gasteiger partial charge on any atom is -0.481 e. The predicted octanol–water partition coefficient (Wildman–Crippen LogP) is 4.06. The molecular weight excluding hydrogens is 448 g/mol. The monoisotopic (exact) mass is 474 g/mol. The molecule has 0 fully saturated rings. The first-order chi connectivity index (χ1) is 16.8. The van der Waals surface area contributed by atoms with Gasteiger partial charge in [-0.05, 0) is 35.2 Å². The Morgan fingerprint density at radius 2 is 1.49 bits per heavy atom. The number of para-hydroxylation sites is 1. The third-order valence-electron chi connectivity index (χ3n) is 6.00. The summed E-state index contributed by atoms with van der Waals surface area (Å²) in [5, 5.41) is 24.2. The van der Waals surface area contributed by atoms with Crippen LogP contribution in [-0.2, 0) is 14.3 Å². The van der Waals surface area contributed by atoms with E-state index in [0.717, 1.165) is 22.3 Å². The normalized spacial score (nSPS) is 13.8. The van der Waals surface area contributed by atoms with Crippen LogP contribution in [0.25, 0.3) is 11.1 Å². The van der Waals surface area contributed by atoms with Crippen LogP contribution >= 0.6 is 0 Å². The highest BCUT2D eigenvalue weighted by molar-refractivity contribution is 5.99. The number of carboxylic acids is 1. The Kier molecular flexibility index (Phi) is 7.12. The molecule has 0 saturated carbocycles. The Hall–Kier alpha value is -4.17. The maximum Gasteiger partial charge on any atom is 0.407 e. The average molecular weight is 475 g/mol. The van der Waals surface area contributed by atoms with Gasteiger partial charge in [0.2, 0.25) is 5.91 Å². The highest BCUT2D eigenvalue weighted by Gasteiger charge is 2.30. The van der Waals surface area contributed by atoms with E-state index in [1.54, 1.807) is 31.2 Å². The van der Waals surface area contributed by atoms with E-state index in [4.69, 9.17) is 4.74 Å². The van der Waals surface area contributed by atoms with Crippen LogP contribution in [0.15, 0.2) is 72.8 Å². The summed E-state index contributed by atoms with van der Waals surface area (Å²) in [6, 6.07) is 21.0. The van der Waals surface area contributed by atoms with Gasteiger partial charge in [-0.25, -0.2) is 4.79 Å². The molecule has 0 spiro atoms. The zero-order valence-electron chi connectivity index (χ0n) is 19.1. The van der Waals surface area contributed by atoms with Gasteiger partial charge < -0.3 is 25.6 Å². The fraction of sp³-hybridized carbons (Fsp3) is 0.222. The number of amides is 2. The fourth-order valence-electron chi connectivity index (χ4n) is 4.36. The van der Waals surface area contributed by atoms with E-state index in [2.05, 4.69) is 10.6 Å². The predicted molar refractivity (Wildman–Crippen MR) is 130 cm³/mol. The van der Waals surface area contributed by atoms with Crippen LogP contribution in [0.4, 0.5) is 10.5 Å². The van der Waals surface area contributed by atoms with Crippen LogP contribution < -0.4 is 10.6 Å². The van der Waals surface area contributed by atoms with Crippen molar-refractivity contribution in [2.45, 2.75) is 31.4 Å². The number of aliphatic hydroxyl groups is 1. The molecule has 0 heterocycles. The quantitative estimate of drug-likeness (QED) is 0.390. The average Bonchev–Trinajstić information content (AvgIpc) is 3.16. The first-order valence-corrected chi connectivity index (χ1v) is 11.3. The molecule has 0 saturated heterocycles. The van der Waals surface area contributed by atoms with E-state index in [1.165, 1.54) is 0 Å². The van der Waals surface area contributed by atoms with Crippen LogP contribution in [0.1, 0.15) is 42.1 Å². The van der Waals surface area contributed by atoms with Crippen LogP contribution in [0.3, 0.4) is 0 Å². The molecular formula is C27H26N2O6. The lowest BCUT2D eigenvalue weighted by Gasteiger charge is -2.20. The van der Waals surface area contributed by atoms with E-state index in [1.807, 2.05) is 48.5 Å². The summed E-state index contributed by atoms with van der Waals surface area (Å²) in [4.78, 5) is 36.8. The largest absolute Gasteiger partial charge is 0.481 e. The number of anilines is 1. The molecule has 35 heavy (non-hydrogen) atoms. The molecule has 0 bridgehead atoms. The third kappa shape index (κ3) is 5.33. The summed E-state index contributed by atoms with van der Waals surface area (Å²) >= 11 is 0. The number of ether oxygens (including phenoxy) is 1. The molecule has 0 aliphatic heterocycles. The lowest BCUT2D eigenvalue weighted by atomic mass is 9.98. The summed E-state index contributed by atoms with van der Waals surface area (Å²) in [5.41, 5.74) is 5.04. The topological polar surface area (TPSA) is 125 Å². The number of carboxylic acid groups (broad SMARTS) is 1. The van der Waals surface area contributed by atoms with Gasteiger partial charge in [-0.15, -0.1) is 0 Å². The molecule has 3 aromatic rings. The van der Waals surface area contributed by atoms with Crippen molar-refractivity contribution in [3.63, 3.8) is 0 Å². The number of benzene rings is 3. The van der Waals surface area contributed by atoms with Gasteiger partial charge in [-0.3, -0.25) is 9.59 Å². The van der Waals surface area contributed by atoms with Crippen molar-refractivity contribution in [3.05, 3.63) is 89.5 Å². The number of aliphatic carboxylic acids is 1. The van der Waals surface area contributed by atoms with Crippen molar-refractivity contribution < 1.29 is 29.3 Å². The summed E-state index contributed by atoms with van der Waals surface area (Å²) in [5.74, 6) is -2.15. The van der Waals surface area contributed by atoms with Gasteiger partial charge in [0, 0.05) is 17.2 Å². The Bertz CT molecular complexity index is 1210. The SMILES string of the molecule is CC(O)c1ccccc1NC(=O)C(CC(=O)O)NC(=O)OCC1c2ccccc2-c2ccccc21. The lowest BCUT2D eigenvalue weighted by molar-refractivity contribution is -0.139. The smallest absolute Gasteiger partial charge is 0.407 e. The third-order valence-corrected chi connectivity index (χ3v) is 6.00. The first-order valence-electron chi connectivity index (χ1n) is 11.3. The maximum absolute atomic E-state index is 12.8. The minimum atomic E-state index is -1.37. The summed E-state index contributed by atoms with van der Waals surface area (Å²) in [6.45, 7) is 1.58. The summed E-state index contributed by atoms with van der Waals surface area (Å²) in [7, 11) is 0. The van der Waals surface area contributed by atoms with Crippen LogP contribution in [0, 0.1) is 0 Å². The Labute approximate surface area is 202 Å². The van der Waals surface area contributed by atoms with E-state index in [-0.39, 0.29) is 12.5 Å². The molecule has 180 valence electrons. The van der Waals surface area contributed by atoms with Gasteiger partial charge >= 0.3 is 12.1 Å². The van der Waals surface area contributed by atoms with Crippen molar-refractivity contribution in [1.82, 2.24) is 5.32 Å². The minimum absolute atomic E-state index is 0.0339. The number of alkyl carbamates (subject to hydrolysis) is 1. The zero-order chi connectivity index (χ0) is 24.9. The molecule has 2 unspecified atom stereocenters. The molecule has 1 aliphatic carbocycles. The number of aliphatic hydroxyl groups excluding tert-OH is 1. The van der Waals surface area contributed by atoms with Gasteiger partial charge in [0.1, 0.15) is 12.6 Å². The van der Waals surface area contributed by atoms with Gasteiger partial charge in [0.15, 0.2) is 0 Å². The van der Waals surface area contributed by atoms with E-state index >= 15 is 0 Å². The number of carbonyl (C=O) groups is 3. The second kappa shape index (κ2) is 10.4. The Morgan fingerprint density at radius 1 is 0.914 bits per heavy atom. The van der Waals surface area contributed by atoms with Crippen molar-refractivity contribution >= 4 is 23.7 Å². The maximum atomic E-state index is 12.8. The highest BCUT2D eigenvalue weighted by atomic mass is 16.5. The van der Waals surface area contributed by atoms with Crippen molar-refractivity contribution in [2.24, 2.45) is 0 Å². The van der Waals surface area contributed by atoms with Crippen LogP contribution in [0.5, 0.6) is 0 Å². The van der Waals surface area contributed by atoms with Crippen molar-refractivity contribution in [2.75, 3.05) is 11.9 Å². The highest BCUT2D eigenvalue weighted by Crippen LogP contribution is 2.44. The Balaban J connectivity index is 1.44. The molecule has 8 nitrogen and oxygen atoms in total. The summed E-state index contributed by atoms with van der Waals surface area (Å²) < 4.78 is 5.45. The molecule has 1 aliphatic rings. The summed E-state index contributed by atoms with van der Waals surface area (Å²) in [6.07, 6.45) is -2.37. The van der Waals surface area contributed by atoms with Gasteiger partial charge in [0.25, 0.3) is 0 Å². The molecule has 4 rings (SSSR count). The molecule has 2 amide bonds. The molecule has 0 aromatic heterocycles. The van der Waals surface area contributed by atoms with Gasteiger partial charge in [-0.1, -0.05) is 66.7 Å². The van der Waals surface area contributed by atoms with Gasteiger partial charge in [-0.2, -0.15) is 0 Å². The molecule has 8 heteroatoms. The first kappa shape index (κ1) is 24.0. The van der Waals surface area contributed by atoms with E-state index < -0.39 is 36.5 Å². The van der Waals surface area contributed by atoms with E-state index in [9.17, 15) is 24.6 Å². The number of fused-ring (bicyclic) bond motifs is 3. The second-order valence-electron chi connectivity index (χ2n) is 8.37. The number of nitrogens with one attached hydrogen (secondary N) is 2. The Morgan fingerprint density at radius 3 is 2.09 bits per heavy atom. The van der Waals surface area contributed by atoms with Crippen LogP contribution in [-0.4, -0.2) is 40.8 Å². The lowest BCUT2D eigenvalue weighted by Crippen LogP contribution is -2.45. The fourth-order valence-corrected chi connectivity index (χ4v) is 4.36. The van der Waals surface area contributed by atoms with Crippen molar-refractivity contribution in [1.29, 1.82) is 0 Å². The molecule has 0 radical (unpaired) electrons. The number of rotatable bonds is 8. The standard InChI is InChI=1S/C27H26N2O6/c1-16(30)17-8-6-7-13-23(17)28-26(33)24(14-25(31)32)29-27(34)35-15-22-20-11-4-2-9-18(20)19-10-3-5-12-21(19)22/h2-13,16,22,24,30H,14-15H2,1H3,(H,28,33)(H,29,34)(H,31,32). The number of hydrogen-bond donors (Lipinski definition) is 4.